The predicted octanol–water partition coefficient (Wildman–Crippen LogP) is 0.398. The van der Waals surface area contributed by atoms with Gasteiger partial charge >= 0.3 is 0 Å². The molecule has 0 bridgehead atoms. The summed E-state index contributed by atoms with van der Waals surface area (Å²) in [5, 5.41) is 7.49. The van der Waals surface area contributed by atoms with Gasteiger partial charge in [0.25, 0.3) is 0 Å². The van der Waals surface area contributed by atoms with E-state index < -0.39 is 0 Å². The lowest BCUT2D eigenvalue weighted by atomic mass is 9.97. The molecular weight excluding hydrogens is 334 g/mol. The highest BCUT2D eigenvalue weighted by Crippen LogP contribution is 2.40. The van der Waals surface area contributed by atoms with E-state index in [1.807, 2.05) is 13.2 Å². The van der Waals surface area contributed by atoms with E-state index in [9.17, 15) is 0 Å². The number of hydrogen-bond donors (Lipinski definition) is 3. The van der Waals surface area contributed by atoms with Crippen molar-refractivity contribution in [1.82, 2.24) is 19.7 Å². The van der Waals surface area contributed by atoms with E-state index in [-0.39, 0.29) is 30.0 Å². The number of hydrogen-bond acceptors (Lipinski definition) is 8. The van der Waals surface area contributed by atoms with Gasteiger partial charge in [0.05, 0.1) is 48.9 Å². The van der Waals surface area contributed by atoms with E-state index in [1.54, 1.807) is 10.9 Å². The van der Waals surface area contributed by atoms with Crippen molar-refractivity contribution >= 4 is 29.1 Å². The standard InChI is InChI=1S/C14H18ClN7O2/c1-22-3-6(2-18-22)19-14-20-10(9(15)13(17)21-14)7-4-23-12-8(16)5-24-11(7)12/h2-3,7-8,11-12H,4-5,16H2,1H3,(H3,17,19,20,21)/t7-,8+,11?,12?/m0/s1. The molecule has 2 aliphatic rings. The van der Waals surface area contributed by atoms with Crippen molar-refractivity contribution in [1.29, 1.82) is 0 Å². The smallest absolute Gasteiger partial charge is 0.229 e. The van der Waals surface area contributed by atoms with Crippen LogP contribution in [0.4, 0.5) is 17.5 Å². The van der Waals surface area contributed by atoms with Crippen LogP contribution in [0, 0.1) is 0 Å². The Bertz CT molecular complexity index is 768. The fraction of sp³-hybridized carbons (Fsp3) is 0.500. The third kappa shape index (κ3) is 2.59. The van der Waals surface area contributed by atoms with Crippen molar-refractivity contribution in [2.45, 2.75) is 24.2 Å². The molecule has 0 amide bonds. The Labute approximate surface area is 143 Å². The summed E-state index contributed by atoms with van der Waals surface area (Å²) in [6, 6.07) is -0.133. The molecule has 9 nitrogen and oxygen atoms in total. The molecule has 2 aromatic heterocycles. The summed E-state index contributed by atoms with van der Waals surface area (Å²) < 4.78 is 13.2. The summed E-state index contributed by atoms with van der Waals surface area (Å²) in [5.74, 6) is 0.431. The second kappa shape index (κ2) is 5.85. The van der Waals surface area contributed by atoms with Gasteiger partial charge in [-0.25, -0.2) is 4.98 Å². The van der Waals surface area contributed by atoms with Crippen LogP contribution in [0.15, 0.2) is 12.4 Å². The highest BCUT2D eigenvalue weighted by molar-refractivity contribution is 6.33. The third-order valence-electron chi connectivity index (χ3n) is 4.31. The monoisotopic (exact) mass is 351 g/mol. The van der Waals surface area contributed by atoms with Crippen molar-refractivity contribution in [2.24, 2.45) is 12.8 Å². The number of halogens is 1. The summed E-state index contributed by atoms with van der Waals surface area (Å²) >= 11 is 6.34. The Kier molecular flexibility index (Phi) is 3.80. The summed E-state index contributed by atoms with van der Waals surface area (Å²) in [6.07, 6.45) is 3.17. The third-order valence-corrected chi connectivity index (χ3v) is 4.69. The molecule has 2 aromatic rings. The number of rotatable bonds is 3. The van der Waals surface area contributed by atoms with Crippen LogP contribution in [-0.2, 0) is 16.5 Å². The Morgan fingerprint density at radius 2 is 2.08 bits per heavy atom. The number of aryl methyl sites for hydroxylation is 1. The maximum Gasteiger partial charge on any atom is 0.229 e. The number of nitrogens with zero attached hydrogens (tertiary/aromatic N) is 4. The molecule has 4 rings (SSSR count). The molecule has 2 saturated heterocycles. The van der Waals surface area contributed by atoms with E-state index in [1.165, 1.54) is 0 Å². The van der Waals surface area contributed by atoms with E-state index in [0.29, 0.717) is 29.9 Å². The molecular formula is C14H18ClN7O2. The van der Waals surface area contributed by atoms with Gasteiger partial charge < -0.3 is 26.3 Å². The highest BCUT2D eigenvalue weighted by atomic mass is 35.5. The van der Waals surface area contributed by atoms with Gasteiger partial charge in [0.15, 0.2) is 0 Å². The number of nitrogens with one attached hydrogen (secondary N) is 1. The van der Waals surface area contributed by atoms with Gasteiger partial charge in [-0.1, -0.05) is 11.6 Å². The second-order valence-corrected chi connectivity index (χ2v) is 6.40. The SMILES string of the molecule is Cn1cc(Nc2nc(N)c(Cl)c([C@@H]3COC4C3OC[C@H]4N)n2)cn1. The Morgan fingerprint density at radius 3 is 2.83 bits per heavy atom. The van der Waals surface area contributed by atoms with Gasteiger partial charge in [-0.2, -0.15) is 10.1 Å². The first-order valence-corrected chi connectivity index (χ1v) is 7.98. The van der Waals surface area contributed by atoms with Crippen LogP contribution in [0.3, 0.4) is 0 Å². The zero-order valence-electron chi connectivity index (χ0n) is 13.0. The van der Waals surface area contributed by atoms with Crippen molar-refractivity contribution in [3.63, 3.8) is 0 Å². The number of nitrogens with two attached hydrogens (primary N) is 2. The fourth-order valence-electron chi connectivity index (χ4n) is 3.16. The molecule has 5 N–H and O–H groups in total. The molecule has 4 atom stereocenters. The van der Waals surface area contributed by atoms with E-state index in [4.69, 9.17) is 32.5 Å². The molecule has 0 saturated carbocycles. The maximum absolute atomic E-state index is 6.34. The average molecular weight is 352 g/mol. The van der Waals surface area contributed by atoms with Crippen molar-refractivity contribution < 1.29 is 9.47 Å². The van der Waals surface area contributed by atoms with Crippen LogP contribution in [0.1, 0.15) is 11.6 Å². The number of nitrogen functional groups attached to an aromatic ring is 1. The van der Waals surface area contributed by atoms with Gasteiger partial charge in [-0.15, -0.1) is 0 Å². The van der Waals surface area contributed by atoms with Crippen molar-refractivity contribution in [3.05, 3.63) is 23.1 Å². The molecule has 2 aliphatic heterocycles. The fourth-order valence-corrected chi connectivity index (χ4v) is 3.39. The molecule has 128 valence electrons. The largest absolute Gasteiger partial charge is 0.382 e. The molecule has 0 aliphatic carbocycles. The van der Waals surface area contributed by atoms with E-state index in [2.05, 4.69) is 20.4 Å². The summed E-state index contributed by atoms with van der Waals surface area (Å²) in [4.78, 5) is 8.72. The minimum Gasteiger partial charge on any atom is -0.382 e. The first kappa shape index (κ1) is 15.6. The van der Waals surface area contributed by atoms with Crippen LogP contribution >= 0.6 is 11.6 Å². The summed E-state index contributed by atoms with van der Waals surface area (Å²) in [6.45, 7) is 0.899. The molecule has 0 aromatic carbocycles. The molecule has 10 heteroatoms. The van der Waals surface area contributed by atoms with Gasteiger partial charge in [-0.3, -0.25) is 4.68 Å². The number of fused-ring (bicyclic) bond motifs is 1. The predicted molar refractivity (Wildman–Crippen MR) is 88.1 cm³/mol. The van der Waals surface area contributed by atoms with Crippen LogP contribution < -0.4 is 16.8 Å². The summed E-state index contributed by atoms with van der Waals surface area (Å²) in [7, 11) is 1.82. The summed E-state index contributed by atoms with van der Waals surface area (Å²) in [5.41, 5.74) is 13.3. The van der Waals surface area contributed by atoms with Crippen LogP contribution in [0.2, 0.25) is 5.02 Å². The topological polar surface area (TPSA) is 126 Å². The van der Waals surface area contributed by atoms with Crippen LogP contribution in [0.25, 0.3) is 0 Å². The molecule has 2 fully saturated rings. The van der Waals surface area contributed by atoms with Gasteiger partial charge in [0.2, 0.25) is 5.95 Å². The Hall–Kier alpha value is -1.94. The lowest BCUT2D eigenvalue weighted by molar-refractivity contribution is 0.0687. The van der Waals surface area contributed by atoms with Gasteiger partial charge in [0, 0.05) is 13.2 Å². The maximum atomic E-state index is 6.34. The molecule has 2 unspecified atom stereocenters. The zero-order valence-corrected chi connectivity index (χ0v) is 13.8. The van der Waals surface area contributed by atoms with Crippen molar-refractivity contribution in [3.8, 4) is 0 Å². The lowest BCUT2D eigenvalue weighted by Gasteiger charge is -2.18. The first-order chi connectivity index (χ1) is 11.5. The first-order valence-electron chi connectivity index (χ1n) is 7.60. The second-order valence-electron chi connectivity index (χ2n) is 6.03. The van der Waals surface area contributed by atoms with Crippen LogP contribution in [0.5, 0.6) is 0 Å². The molecule has 4 heterocycles. The number of anilines is 3. The average Bonchev–Trinajstić information content (AvgIpc) is 3.22. The van der Waals surface area contributed by atoms with Crippen LogP contribution in [-0.4, -0.2) is 51.2 Å². The molecule has 24 heavy (non-hydrogen) atoms. The van der Waals surface area contributed by atoms with E-state index >= 15 is 0 Å². The normalized spacial score (nSPS) is 29.0. The minimum atomic E-state index is -0.168. The molecule has 0 spiro atoms. The highest BCUT2D eigenvalue weighted by Gasteiger charge is 2.48. The number of ether oxygens (including phenoxy) is 2. The van der Waals surface area contributed by atoms with Crippen molar-refractivity contribution in [2.75, 3.05) is 24.3 Å². The number of aromatic nitrogens is 4. The minimum absolute atomic E-state index is 0.129. The Balaban J connectivity index is 1.65. The quantitative estimate of drug-likeness (QED) is 0.725. The van der Waals surface area contributed by atoms with Gasteiger partial charge in [-0.05, 0) is 0 Å². The molecule has 0 radical (unpaired) electrons. The zero-order chi connectivity index (χ0) is 16.8. The lowest BCUT2D eigenvalue weighted by Crippen LogP contribution is -2.35. The van der Waals surface area contributed by atoms with E-state index in [0.717, 1.165) is 5.69 Å². The van der Waals surface area contributed by atoms with Gasteiger partial charge in [0.1, 0.15) is 16.9 Å². The Morgan fingerprint density at radius 1 is 1.29 bits per heavy atom.